The fraction of sp³-hybridized carbons (Fsp3) is 0.231. The zero-order valence-corrected chi connectivity index (χ0v) is 11.5. The van der Waals surface area contributed by atoms with Crippen LogP contribution in [-0.2, 0) is 0 Å². The third-order valence-electron chi connectivity index (χ3n) is 2.70. The molecule has 21 heavy (non-hydrogen) atoms. The molecule has 0 spiro atoms. The van der Waals surface area contributed by atoms with Crippen molar-refractivity contribution in [3.8, 4) is 0 Å². The van der Waals surface area contributed by atoms with Gasteiger partial charge in [0.2, 0.25) is 0 Å². The van der Waals surface area contributed by atoms with Crippen molar-refractivity contribution in [2.24, 2.45) is 0 Å². The minimum absolute atomic E-state index is 0.155. The standard InChI is InChI=1S/C13H14N4O4/c1-3-14-11-5-4-9(17(19)20)7-10(11)13(18)15-12-6-8(2)21-16-12/h4-7,14H,3H2,1-2H3,(H,15,16,18). The highest BCUT2D eigenvalue weighted by Gasteiger charge is 2.17. The number of nitro groups is 1. The largest absolute Gasteiger partial charge is 0.385 e. The topological polar surface area (TPSA) is 110 Å². The van der Waals surface area contributed by atoms with Crippen LogP contribution in [0.4, 0.5) is 17.2 Å². The van der Waals surface area contributed by atoms with E-state index in [9.17, 15) is 14.9 Å². The van der Waals surface area contributed by atoms with E-state index in [0.717, 1.165) is 0 Å². The Bertz CT molecular complexity index is 681. The van der Waals surface area contributed by atoms with Gasteiger partial charge < -0.3 is 15.2 Å². The Morgan fingerprint density at radius 2 is 2.19 bits per heavy atom. The van der Waals surface area contributed by atoms with Crippen molar-refractivity contribution in [2.75, 3.05) is 17.2 Å². The number of nitrogens with zero attached hydrogens (tertiary/aromatic N) is 2. The maximum absolute atomic E-state index is 12.2. The lowest BCUT2D eigenvalue weighted by Gasteiger charge is -2.09. The van der Waals surface area contributed by atoms with Crippen LogP contribution in [0.5, 0.6) is 0 Å². The predicted octanol–water partition coefficient (Wildman–Crippen LogP) is 2.58. The van der Waals surface area contributed by atoms with Gasteiger partial charge in [-0.25, -0.2) is 0 Å². The number of carbonyl (C=O) groups is 1. The molecule has 2 N–H and O–H groups in total. The maximum atomic E-state index is 12.2. The number of hydrogen-bond acceptors (Lipinski definition) is 6. The minimum atomic E-state index is -0.549. The molecule has 0 radical (unpaired) electrons. The van der Waals surface area contributed by atoms with Crippen LogP contribution in [0.25, 0.3) is 0 Å². The Morgan fingerprint density at radius 3 is 2.76 bits per heavy atom. The summed E-state index contributed by atoms with van der Waals surface area (Å²) < 4.78 is 4.85. The monoisotopic (exact) mass is 290 g/mol. The third-order valence-corrected chi connectivity index (χ3v) is 2.70. The lowest BCUT2D eigenvalue weighted by atomic mass is 10.1. The maximum Gasteiger partial charge on any atom is 0.270 e. The van der Waals surface area contributed by atoms with Crippen LogP contribution in [0.15, 0.2) is 28.8 Å². The average Bonchev–Trinajstić information content (AvgIpc) is 2.84. The van der Waals surface area contributed by atoms with E-state index in [1.165, 1.54) is 18.2 Å². The van der Waals surface area contributed by atoms with Crippen molar-refractivity contribution in [1.29, 1.82) is 0 Å². The lowest BCUT2D eigenvalue weighted by molar-refractivity contribution is -0.384. The summed E-state index contributed by atoms with van der Waals surface area (Å²) in [5.41, 5.74) is 0.533. The van der Waals surface area contributed by atoms with E-state index in [4.69, 9.17) is 4.52 Å². The van der Waals surface area contributed by atoms with E-state index in [-0.39, 0.29) is 17.1 Å². The van der Waals surface area contributed by atoms with Crippen LogP contribution in [-0.4, -0.2) is 22.5 Å². The van der Waals surface area contributed by atoms with E-state index in [0.29, 0.717) is 18.0 Å². The number of hydrogen-bond donors (Lipinski definition) is 2. The number of rotatable bonds is 5. The summed E-state index contributed by atoms with van der Waals surface area (Å²) in [6, 6.07) is 5.63. The molecule has 0 aliphatic carbocycles. The summed E-state index contributed by atoms with van der Waals surface area (Å²) in [5.74, 6) is 0.311. The molecule has 1 aromatic carbocycles. The highest BCUT2D eigenvalue weighted by molar-refractivity contribution is 6.08. The number of amides is 1. The molecule has 1 aromatic heterocycles. The van der Waals surface area contributed by atoms with Gasteiger partial charge in [0.05, 0.1) is 10.5 Å². The van der Waals surface area contributed by atoms with Gasteiger partial charge in [0, 0.05) is 30.4 Å². The first-order valence-electron chi connectivity index (χ1n) is 6.28. The summed E-state index contributed by atoms with van der Waals surface area (Å²) in [4.78, 5) is 22.5. The van der Waals surface area contributed by atoms with Gasteiger partial charge in [0.1, 0.15) is 5.76 Å². The number of aromatic nitrogens is 1. The summed E-state index contributed by atoms with van der Waals surface area (Å²) in [6.07, 6.45) is 0. The molecule has 0 unspecified atom stereocenters. The van der Waals surface area contributed by atoms with E-state index in [2.05, 4.69) is 15.8 Å². The summed E-state index contributed by atoms with van der Waals surface area (Å²) >= 11 is 0. The summed E-state index contributed by atoms with van der Waals surface area (Å²) in [5, 5.41) is 20.0. The molecule has 0 fully saturated rings. The smallest absolute Gasteiger partial charge is 0.270 e. The van der Waals surface area contributed by atoms with E-state index >= 15 is 0 Å². The fourth-order valence-electron chi connectivity index (χ4n) is 1.79. The summed E-state index contributed by atoms with van der Waals surface area (Å²) in [6.45, 7) is 4.14. The Kier molecular flexibility index (Phi) is 4.17. The molecule has 110 valence electrons. The predicted molar refractivity (Wildman–Crippen MR) is 76.5 cm³/mol. The number of anilines is 2. The number of nitro benzene ring substituents is 1. The minimum Gasteiger partial charge on any atom is -0.385 e. The van der Waals surface area contributed by atoms with Gasteiger partial charge >= 0.3 is 0 Å². The van der Waals surface area contributed by atoms with Crippen LogP contribution in [0.3, 0.4) is 0 Å². The molecule has 1 amide bonds. The fourth-order valence-corrected chi connectivity index (χ4v) is 1.79. The highest BCUT2D eigenvalue weighted by atomic mass is 16.6. The van der Waals surface area contributed by atoms with E-state index < -0.39 is 10.8 Å². The Hall–Kier alpha value is -2.90. The van der Waals surface area contributed by atoms with Crippen LogP contribution in [0.1, 0.15) is 23.0 Å². The number of aryl methyl sites for hydroxylation is 1. The SMILES string of the molecule is CCNc1ccc([N+](=O)[O-])cc1C(=O)Nc1cc(C)on1. The van der Waals surface area contributed by atoms with Crippen molar-refractivity contribution in [1.82, 2.24) is 5.16 Å². The van der Waals surface area contributed by atoms with Crippen molar-refractivity contribution in [3.05, 3.63) is 45.7 Å². The van der Waals surface area contributed by atoms with Gasteiger partial charge in [-0.05, 0) is 19.9 Å². The van der Waals surface area contributed by atoms with Crippen LogP contribution in [0.2, 0.25) is 0 Å². The average molecular weight is 290 g/mol. The molecule has 8 nitrogen and oxygen atoms in total. The zero-order chi connectivity index (χ0) is 15.4. The molecular weight excluding hydrogens is 276 g/mol. The van der Waals surface area contributed by atoms with Crippen molar-refractivity contribution in [2.45, 2.75) is 13.8 Å². The molecule has 2 rings (SSSR count). The van der Waals surface area contributed by atoms with Gasteiger partial charge in [0.15, 0.2) is 5.82 Å². The second-order valence-corrected chi connectivity index (χ2v) is 4.29. The molecule has 8 heteroatoms. The second kappa shape index (κ2) is 6.04. The molecule has 0 atom stereocenters. The number of carbonyl (C=O) groups excluding carboxylic acids is 1. The zero-order valence-electron chi connectivity index (χ0n) is 11.5. The highest BCUT2D eigenvalue weighted by Crippen LogP contribution is 2.23. The van der Waals surface area contributed by atoms with Crippen molar-refractivity contribution < 1.29 is 14.2 Å². The Labute approximate surface area is 120 Å². The molecule has 0 aliphatic rings. The first-order valence-corrected chi connectivity index (χ1v) is 6.28. The van der Waals surface area contributed by atoms with E-state index in [1.54, 1.807) is 13.0 Å². The molecule has 0 saturated carbocycles. The van der Waals surface area contributed by atoms with Crippen LogP contribution >= 0.6 is 0 Å². The van der Waals surface area contributed by atoms with Crippen LogP contribution in [0, 0.1) is 17.0 Å². The first-order chi connectivity index (χ1) is 10.0. The van der Waals surface area contributed by atoms with Crippen molar-refractivity contribution in [3.63, 3.8) is 0 Å². The van der Waals surface area contributed by atoms with Crippen molar-refractivity contribution >= 4 is 23.1 Å². The molecule has 0 aliphatic heterocycles. The van der Waals surface area contributed by atoms with Gasteiger partial charge in [0.25, 0.3) is 11.6 Å². The van der Waals surface area contributed by atoms with Gasteiger partial charge in [-0.15, -0.1) is 0 Å². The van der Waals surface area contributed by atoms with Gasteiger partial charge in [-0.2, -0.15) is 0 Å². The molecule has 0 bridgehead atoms. The van der Waals surface area contributed by atoms with Gasteiger partial charge in [-0.3, -0.25) is 14.9 Å². The normalized spacial score (nSPS) is 10.2. The molecule has 0 saturated heterocycles. The lowest BCUT2D eigenvalue weighted by Crippen LogP contribution is -2.15. The molecular formula is C13H14N4O4. The number of nitrogens with one attached hydrogen (secondary N) is 2. The van der Waals surface area contributed by atoms with Crippen LogP contribution < -0.4 is 10.6 Å². The Balaban J connectivity index is 2.32. The second-order valence-electron chi connectivity index (χ2n) is 4.29. The van der Waals surface area contributed by atoms with Gasteiger partial charge in [-0.1, -0.05) is 5.16 Å². The third kappa shape index (κ3) is 3.35. The number of benzene rings is 1. The Morgan fingerprint density at radius 1 is 1.43 bits per heavy atom. The molecule has 2 aromatic rings. The number of non-ortho nitro benzene ring substituents is 1. The first kappa shape index (κ1) is 14.5. The molecule has 1 heterocycles. The quantitative estimate of drug-likeness (QED) is 0.646. The summed E-state index contributed by atoms with van der Waals surface area (Å²) in [7, 11) is 0. The van der Waals surface area contributed by atoms with E-state index in [1.807, 2.05) is 6.92 Å².